The quantitative estimate of drug-likeness (QED) is 0.906. The van der Waals surface area contributed by atoms with E-state index in [1.165, 1.54) is 44.1 Å². The van der Waals surface area contributed by atoms with Gasteiger partial charge in [-0.05, 0) is 56.8 Å². The maximum atomic E-state index is 3.91. The molecule has 1 N–H and O–H groups in total. The summed E-state index contributed by atoms with van der Waals surface area (Å²) in [4.78, 5) is 2.48. The Bertz CT molecular complexity index is 482. The van der Waals surface area contributed by atoms with Crippen molar-refractivity contribution in [3.8, 4) is 0 Å². The van der Waals surface area contributed by atoms with Crippen LogP contribution in [0.3, 0.4) is 0 Å². The van der Waals surface area contributed by atoms with Gasteiger partial charge in [-0.25, -0.2) is 0 Å². The van der Waals surface area contributed by atoms with Crippen LogP contribution in [0.2, 0.25) is 0 Å². The molecule has 2 nitrogen and oxygen atoms in total. The van der Waals surface area contributed by atoms with Gasteiger partial charge >= 0.3 is 0 Å². The number of hydrogen-bond donors (Lipinski definition) is 1. The zero-order chi connectivity index (χ0) is 14.9. The van der Waals surface area contributed by atoms with Gasteiger partial charge in [0.15, 0.2) is 0 Å². The molecule has 1 saturated carbocycles. The molecule has 2 heteroatoms. The summed E-state index contributed by atoms with van der Waals surface area (Å²) in [5.41, 5.74) is 3.44. The van der Waals surface area contributed by atoms with Crippen molar-refractivity contribution in [3.05, 3.63) is 35.4 Å². The van der Waals surface area contributed by atoms with Gasteiger partial charge in [-0.3, -0.25) is 0 Å². The van der Waals surface area contributed by atoms with Gasteiger partial charge in [-0.2, -0.15) is 0 Å². The van der Waals surface area contributed by atoms with Crippen molar-refractivity contribution in [1.29, 1.82) is 0 Å². The zero-order valence-corrected chi connectivity index (χ0v) is 13.9. The first-order chi connectivity index (χ1) is 10.1. The topological polar surface area (TPSA) is 15.3 Å². The summed E-state index contributed by atoms with van der Waals surface area (Å²) in [6.45, 7) is 3.55. The molecule has 0 aliphatic heterocycles. The minimum atomic E-state index is 0.356. The molecule has 1 aromatic rings. The van der Waals surface area contributed by atoms with Crippen molar-refractivity contribution in [2.75, 3.05) is 20.6 Å². The van der Waals surface area contributed by atoms with Crippen LogP contribution >= 0.6 is 0 Å². The lowest BCUT2D eigenvalue weighted by molar-refractivity contribution is 0.0722. The molecule has 0 heterocycles. The predicted molar refractivity (Wildman–Crippen MR) is 89.6 cm³/mol. The monoisotopic (exact) mass is 286 g/mol. The summed E-state index contributed by atoms with van der Waals surface area (Å²) in [5.74, 6) is 0.860. The Labute approximate surface area is 129 Å². The van der Waals surface area contributed by atoms with Crippen LogP contribution < -0.4 is 5.32 Å². The fraction of sp³-hybridized carbons (Fsp3) is 0.684. The fourth-order valence-corrected chi connectivity index (χ4v) is 4.44. The van der Waals surface area contributed by atoms with E-state index < -0.39 is 0 Å². The Hall–Kier alpha value is -0.860. The van der Waals surface area contributed by atoms with E-state index in [0.29, 0.717) is 11.6 Å². The standard InChI is InChI=1S/C19H30N2/c1-15-7-6-12-19(13-15,21(2)3)14-20-18-11-10-16-8-4-5-9-17(16)18/h4-5,8-9,15,18,20H,6-7,10-14H2,1-3H3. The molecule has 3 atom stereocenters. The number of nitrogens with one attached hydrogen (secondary N) is 1. The highest BCUT2D eigenvalue weighted by atomic mass is 15.2. The van der Waals surface area contributed by atoms with E-state index in [1.807, 2.05) is 0 Å². The lowest BCUT2D eigenvalue weighted by Crippen LogP contribution is -2.54. The summed E-state index contributed by atoms with van der Waals surface area (Å²) in [6.07, 6.45) is 7.95. The van der Waals surface area contributed by atoms with Crippen LogP contribution in [0.5, 0.6) is 0 Å². The first-order valence-electron chi connectivity index (χ1n) is 8.59. The molecule has 0 bridgehead atoms. The van der Waals surface area contributed by atoms with Crippen LogP contribution in [0, 0.1) is 5.92 Å². The molecule has 0 amide bonds. The first-order valence-corrected chi connectivity index (χ1v) is 8.59. The maximum Gasteiger partial charge on any atom is 0.0330 e. The Balaban J connectivity index is 1.68. The molecule has 3 unspecified atom stereocenters. The van der Waals surface area contributed by atoms with Crippen LogP contribution in [0.1, 0.15) is 56.2 Å². The Kier molecular flexibility index (Phi) is 4.37. The molecular formula is C19H30N2. The second kappa shape index (κ2) is 6.10. The van der Waals surface area contributed by atoms with Gasteiger partial charge in [0.05, 0.1) is 0 Å². The highest BCUT2D eigenvalue weighted by Crippen LogP contribution is 2.37. The number of hydrogen-bond acceptors (Lipinski definition) is 2. The molecule has 1 fully saturated rings. The van der Waals surface area contributed by atoms with Crippen molar-refractivity contribution in [1.82, 2.24) is 10.2 Å². The minimum absolute atomic E-state index is 0.356. The van der Waals surface area contributed by atoms with Crippen molar-refractivity contribution in [2.24, 2.45) is 5.92 Å². The van der Waals surface area contributed by atoms with Gasteiger partial charge in [0.25, 0.3) is 0 Å². The number of likely N-dealkylation sites (N-methyl/N-ethyl adjacent to an activating group) is 1. The number of fused-ring (bicyclic) bond motifs is 1. The van der Waals surface area contributed by atoms with Crippen LogP contribution in [0.25, 0.3) is 0 Å². The maximum absolute atomic E-state index is 3.91. The third kappa shape index (κ3) is 3.02. The summed E-state index contributed by atoms with van der Waals surface area (Å²) in [7, 11) is 4.53. The normalized spacial score (nSPS) is 32.4. The molecule has 0 saturated heterocycles. The van der Waals surface area contributed by atoms with Crippen molar-refractivity contribution in [3.63, 3.8) is 0 Å². The minimum Gasteiger partial charge on any atom is -0.308 e. The lowest BCUT2D eigenvalue weighted by Gasteiger charge is -2.46. The SMILES string of the molecule is CC1CCCC(CNC2CCc3ccccc32)(N(C)C)C1. The van der Waals surface area contributed by atoms with Crippen LogP contribution in [0.15, 0.2) is 24.3 Å². The zero-order valence-electron chi connectivity index (χ0n) is 13.9. The lowest BCUT2D eigenvalue weighted by atomic mass is 9.75. The number of nitrogens with zero attached hydrogens (tertiary/aromatic N) is 1. The molecule has 0 radical (unpaired) electrons. The Morgan fingerprint density at radius 1 is 1.24 bits per heavy atom. The summed E-state index contributed by atoms with van der Waals surface area (Å²) >= 11 is 0. The summed E-state index contributed by atoms with van der Waals surface area (Å²) in [6, 6.07) is 9.53. The third-order valence-electron chi connectivity index (χ3n) is 5.83. The summed E-state index contributed by atoms with van der Waals surface area (Å²) < 4.78 is 0. The van der Waals surface area contributed by atoms with Crippen molar-refractivity contribution in [2.45, 2.75) is 57.0 Å². The smallest absolute Gasteiger partial charge is 0.0330 e. The van der Waals surface area contributed by atoms with Gasteiger partial charge in [0, 0.05) is 18.1 Å². The number of rotatable bonds is 4. The summed E-state index contributed by atoms with van der Waals surface area (Å²) in [5, 5.41) is 3.91. The average molecular weight is 286 g/mol. The highest BCUT2D eigenvalue weighted by molar-refractivity contribution is 5.34. The van der Waals surface area contributed by atoms with E-state index in [0.717, 1.165) is 12.5 Å². The van der Waals surface area contributed by atoms with E-state index in [-0.39, 0.29) is 0 Å². The number of benzene rings is 1. The van der Waals surface area contributed by atoms with Crippen molar-refractivity contribution >= 4 is 0 Å². The molecule has 116 valence electrons. The van der Waals surface area contributed by atoms with Crippen LogP contribution in [-0.2, 0) is 6.42 Å². The second-order valence-electron chi connectivity index (χ2n) is 7.49. The van der Waals surface area contributed by atoms with E-state index in [4.69, 9.17) is 0 Å². The first kappa shape index (κ1) is 15.1. The molecule has 2 aliphatic carbocycles. The largest absolute Gasteiger partial charge is 0.308 e. The van der Waals surface area contributed by atoms with Crippen LogP contribution in [-0.4, -0.2) is 31.1 Å². The van der Waals surface area contributed by atoms with E-state index in [1.54, 1.807) is 5.56 Å². The third-order valence-corrected chi connectivity index (χ3v) is 5.83. The molecule has 0 spiro atoms. The van der Waals surface area contributed by atoms with Gasteiger partial charge in [-0.15, -0.1) is 0 Å². The molecular weight excluding hydrogens is 256 g/mol. The fourth-order valence-electron chi connectivity index (χ4n) is 4.44. The number of aryl methyl sites for hydroxylation is 1. The second-order valence-corrected chi connectivity index (χ2v) is 7.49. The molecule has 1 aromatic carbocycles. The van der Waals surface area contributed by atoms with E-state index in [9.17, 15) is 0 Å². The van der Waals surface area contributed by atoms with Gasteiger partial charge in [0.2, 0.25) is 0 Å². The Morgan fingerprint density at radius 3 is 2.81 bits per heavy atom. The van der Waals surface area contributed by atoms with E-state index >= 15 is 0 Å². The van der Waals surface area contributed by atoms with E-state index in [2.05, 4.69) is 55.5 Å². The predicted octanol–water partition coefficient (Wildman–Crippen LogP) is 3.77. The Morgan fingerprint density at radius 2 is 2.05 bits per heavy atom. The molecule has 2 aliphatic rings. The van der Waals surface area contributed by atoms with Gasteiger partial charge in [0.1, 0.15) is 0 Å². The van der Waals surface area contributed by atoms with Crippen molar-refractivity contribution < 1.29 is 0 Å². The molecule has 0 aromatic heterocycles. The van der Waals surface area contributed by atoms with Crippen LogP contribution in [0.4, 0.5) is 0 Å². The average Bonchev–Trinajstić information content (AvgIpc) is 2.88. The van der Waals surface area contributed by atoms with Gasteiger partial charge < -0.3 is 10.2 Å². The molecule has 21 heavy (non-hydrogen) atoms. The highest BCUT2D eigenvalue weighted by Gasteiger charge is 2.37. The van der Waals surface area contributed by atoms with Gasteiger partial charge in [-0.1, -0.05) is 44.0 Å². The molecule has 3 rings (SSSR count).